The second-order valence-electron chi connectivity index (χ2n) is 4.12. The first-order valence-corrected chi connectivity index (χ1v) is 6.71. The summed E-state index contributed by atoms with van der Waals surface area (Å²) >= 11 is 3.04. The van der Waals surface area contributed by atoms with E-state index in [1.165, 1.54) is 25.4 Å². The molecule has 0 aliphatic heterocycles. The highest BCUT2D eigenvalue weighted by Gasteiger charge is 2.09. The van der Waals surface area contributed by atoms with Crippen LogP contribution in [0, 0.1) is 5.82 Å². The van der Waals surface area contributed by atoms with Crippen LogP contribution in [-0.4, -0.2) is 18.1 Å². The molecule has 5 nitrogen and oxygen atoms in total. The zero-order valence-electron chi connectivity index (χ0n) is 11.1. The van der Waals surface area contributed by atoms with Gasteiger partial charge in [0.25, 0.3) is 0 Å². The van der Waals surface area contributed by atoms with Crippen LogP contribution >= 0.6 is 15.9 Å². The van der Waals surface area contributed by atoms with Crippen LogP contribution in [0.4, 0.5) is 10.1 Å². The van der Waals surface area contributed by atoms with E-state index in [4.69, 9.17) is 10.5 Å². The fourth-order valence-corrected chi connectivity index (χ4v) is 1.93. The maximum atomic E-state index is 13.4. The van der Waals surface area contributed by atoms with E-state index in [9.17, 15) is 9.18 Å². The minimum Gasteiger partial charge on any atom is -0.485 e. The van der Waals surface area contributed by atoms with Gasteiger partial charge >= 0.3 is 5.97 Å². The number of hydrogen-bond acceptors (Lipinski definition) is 5. The zero-order chi connectivity index (χ0) is 15.4. The number of methoxy groups -OCH3 is 1. The van der Waals surface area contributed by atoms with Gasteiger partial charge in [0, 0.05) is 12.3 Å². The van der Waals surface area contributed by atoms with Crippen molar-refractivity contribution < 1.29 is 18.7 Å². The number of carbonyl (C=O) groups is 1. The number of nitrogens with zero attached hydrogens (tertiary/aromatic N) is 1. The smallest absolute Gasteiger partial charge is 0.339 e. The normalized spacial score (nSPS) is 10.2. The predicted octanol–water partition coefficient (Wildman–Crippen LogP) is 2.93. The van der Waals surface area contributed by atoms with E-state index in [-0.39, 0.29) is 16.8 Å². The molecule has 1 aromatic heterocycles. The van der Waals surface area contributed by atoms with Crippen LogP contribution < -0.4 is 10.5 Å². The van der Waals surface area contributed by atoms with Crippen LogP contribution in [0.2, 0.25) is 0 Å². The predicted molar refractivity (Wildman–Crippen MR) is 78.4 cm³/mol. The molecular weight excluding hydrogens is 343 g/mol. The number of pyridine rings is 1. The fourth-order valence-electron chi connectivity index (χ4n) is 1.57. The Hall–Kier alpha value is -2.15. The average Bonchev–Trinajstić information content (AvgIpc) is 2.49. The van der Waals surface area contributed by atoms with Crippen LogP contribution in [0.15, 0.2) is 34.9 Å². The summed E-state index contributed by atoms with van der Waals surface area (Å²) in [6, 6.07) is 5.82. The molecule has 110 valence electrons. The topological polar surface area (TPSA) is 74.4 Å². The molecule has 0 spiro atoms. The molecule has 0 unspecified atom stereocenters. The molecule has 2 rings (SSSR count). The Morgan fingerprint density at radius 2 is 2.19 bits per heavy atom. The van der Waals surface area contributed by atoms with Crippen molar-refractivity contribution in [3.63, 3.8) is 0 Å². The van der Waals surface area contributed by atoms with Gasteiger partial charge in [0.2, 0.25) is 0 Å². The number of carbonyl (C=O) groups excluding carboxylic acids is 1. The van der Waals surface area contributed by atoms with E-state index >= 15 is 0 Å². The van der Waals surface area contributed by atoms with Crippen LogP contribution in [-0.2, 0) is 11.3 Å². The quantitative estimate of drug-likeness (QED) is 0.674. The molecule has 0 radical (unpaired) electrons. The lowest BCUT2D eigenvalue weighted by Crippen LogP contribution is -2.05. The van der Waals surface area contributed by atoms with Crippen LogP contribution in [0.25, 0.3) is 0 Å². The van der Waals surface area contributed by atoms with Crippen molar-refractivity contribution in [3.8, 4) is 5.75 Å². The molecule has 2 N–H and O–H groups in total. The highest BCUT2D eigenvalue weighted by molar-refractivity contribution is 9.10. The van der Waals surface area contributed by atoms with Crippen molar-refractivity contribution in [1.82, 2.24) is 4.98 Å². The third-order valence-corrected chi connectivity index (χ3v) is 3.28. The van der Waals surface area contributed by atoms with Gasteiger partial charge in [-0.05, 0) is 34.1 Å². The van der Waals surface area contributed by atoms with E-state index in [0.29, 0.717) is 16.9 Å². The molecule has 0 saturated carbocycles. The maximum Gasteiger partial charge on any atom is 0.339 e. The van der Waals surface area contributed by atoms with Gasteiger partial charge in [-0.25, -0.2) is 9.18 Å². The molecule has 0 aliphatic carbocycles. The Balaban J connectivity index is 2.06. The van der Waals surface area contributed by atoms with Gasteiger partial charge in [-0.3, -0.25) is 4.98 Å². The maximum absolute atomic E-state index is 13.4. The standard InChI is InChI=1S/C14H12BrFN2O3/c1-20-14(19)8-2-3-9(18-6-8)7-21-13-5-11(16)10(15)4-12(13)17/h2-6H,7,17H2,1H3. The van der Waals surface area contributed by atoms with Crippen molar-refractivity contribution in [3.05, 3.63) is 52.0 Å². The molecule has 0 amide bonds. The molecule has 0 aliphatic rings. The summed E-state index contributed by atoms with van der Waals surface area (Å²) in [5.74, 6) is -0.697. The molecule has 2 aromatic rings. The number of hydrogen-bond donors (Lipinski definition) is 1. The average molecular weight is 355 g/mol. The summed E-state index contributed by atoms with van der Waals surface area (Å²) in [4.78, 5) is 15.3. The first-order chi connectivity index (χ1) is 10.0. The van der Waals surface area contributed by atoms with E-state index in [1.807, 2.05) is 0 Å². The number of benzene rings is 1. The van der Waals surface area contributed by atoms with Crippen molar-refractivity contribution in [2.75, 3.05) is 12.8 Å². The monoisotopic (exact) mass is 354 g/mol. The minimum absolute atomic E-state index is 0.104. The van der Waals surface area contributed by atoms with Gasteiger partial charge in [-0.2, -0.15) is 0 Å². The number of anilines is 1. The summed E-state index contributed by atoms with van der Waals surface area (Å²) < 4.78 is 23.7. The van der Waals surface area contributed by atoms with Gasteiger partial charge in [0.15, 0.2) is 0 Å². The van der Waals surface area contributed by atoms with Crippen molar-refractivity contribution >= 4 is 27.6 Å². The fraction of sp³-hybridized carbons (Fsp3) is 0.143. The number of nitrogen functional groups attached to an aromatic ring is 1. The summed E-state index contributed by atoms with van der Waals surface area (Å²) in [5.41, 5.74) is 6.96. The van der Waals surface area contributed by atoms with Crippen LogP contribution in [0.1, 0.15) is 16.1 Å². The van der Waals surface area contributed by atoms with Gasteiger partial charge in [-0.15, -0.1) is 0 Å². The Bertz CT molecular complexity index is 662. The van der Waals surface area contributed by atoms with Gasteiger partial charge in [-0.1, -0.05) is 0 Å². The number of halogens is 2. The minimum atomic E-state index is -0.465. The van der Waals surface area contributed by atoms with Crippen LogP contribution in [0.3, 0.4) is 0 Å². The summed E-state index contributed by atoms with van der Waals surface area (Å²) in [7, 11) is 1.30. The van der Waals surface area contributed by atoms with Crippen molar-refractivity contribution in [2.24, 2.45) is 0 Å². The lowest BCUT2D eigenvalue weighted by molar-refractivity contribution is 0.0600. The Labute approximate surface area is 129 Å². The highest BCUT2D eigenvalue weighted by Crippen LogP contribution is 2.28. The largest absolute Gasteiger partial charge is 0.485 e. The van der Waals surface area contributed by atoms with E-state index in [1.54, 1.807) is 12.1 Å². The molecule has 0 bridgehead atoms. The molecule has 1 heterocycles. The lowest BCUT2D eigenvalue weighted by Gasteiger charge is -2.09. The number of rotatable bonds is 4. The number of esters is 1. The van der Waals surface area contributed by atoms with E-state index in [2.05, 4.69) is 25.7 Å². The Morgan fingerprint density at radius 3 is 2.81 bits per heavy atom. The highest BCUT2D eigenvalue weighted by atomic mass is 79.9. The van der Waals surface area contributed by atoms with Gasteiger partial charge in [0.1, 0.15) is 18.2 Å². The molecular formula is C14H12BrFN2O3. The van der Waals surface area contributed by atoms with Crippen molar-refractivity contribution in [2.45, 2.75) is 6.61 Å². The Kier molecular flexibility index (Phi) is 4.74. The third-order valence-electron chi connectivity index (χ3n) is 2.67. The second-order valence-corrected chi connectivity index (χ2v) is 4.98. The summed E-state index contributed by atoms with van der Waals surface area (Å²) in [5, 5.41) is 0. The SMILES string of the molecule is COC(=O)c1ccc(COc2cc(F)c(Br)cc2N)nc1. The third kappa shape index (κ3) is 3.69. The van der Waals surface area contributed by atoms with E-state index < -0.39 is 11.8 Å². The molecule has 7 heteroatoms. The molecule has 1 aromatic carbocycles. The summed E-state index contributed by atoms with van der Waals surface area (Å²) in [6.45, 7) is 0.104. The van der Waals surface area contributed by atoms with E-state index in [0.717, 1.165) is 0 Å². The van der Waals surface area contributed by atoms with Gasteiger partial charge in [0.05, 0.1) is 28.5 Å². The Morgan fingerprint density at radius 1 is 1.43 bits per heavy atom. The first kappa shape index (κ1) is 15.2. The molecule has 0 atom stereocenters. The second kappa shape index (κ2) is 6.53. The number of ether oxygens (including phenoxy) is 2. The lowest BCUT2D eigenvalue weighted by atomic mass is 10.2. The number of nitrogens with two attached hydrogens (primary N) is 1. The zero-order valence-corrected chi connectivity index (χ0v) is 12.7. The van der Waals surface area contributed by atoms with Crippen LogP contribution in [0.5, 0.6) is 5.75 Å². The van der Waals surface area contributed by atoms with Crippen molar-refractivity contribution in [1.29, 1.82) is 0 Å². The molecule has 0 fully saturated rings. The molecule has 0 saturated heterocycles. The molecule has 21 heavy (non-hydrogen) atoms. The first-order valence-electron chi connectivity index (χ1n) is 5.92. The summed E-state index contributed by atoms with van der Waals surface area (Å²) in [6.07, 6.45) is 1.38. The number of aromatic nitrogens is 1. The van der Waals surface area contributed by atoms with Gasteiger partial charge < -0.3 is 15.2 Å².